The molecular formula is C27H41NO2. The van der Waals surface area contributed by atoms with Gasteiger partial charge in [-0.2, -0.15) is 0 Å². The molecule has 5 aliphatic rings. The topological polar surface area (TPSA) is 32.7 Å². The number of β-amino-alcohol motifs (C(OH)–C–C–N with tert-alkyl or cyclic N) is 1. The number of piperidine rings is 1. The zero-order chi connectivity index (χ0) is 20.4. The van der Waals surface area contributed by atoms with Crippen molar-refractivity contribution in [2.45, 2.75) is 70.3 Å². The van der Waals surface area contributed by atoms with Crippen molar-refractivity contribution in [3.63, 3.8) is 0 Å². The van der Waals surface area contributed by atoms with Gasteiger partial charge in [0, 0.05) is 13.2 Å². The van der Waals surface area contributed by atoms with Crippen LogP contribution in [0.25, 0.3) is 0 Å². The lowest BCUT2D eigenvalue weighted by Crippen LogP contribution is -2.46. The molecule has 1 aromatic carbocycles. The molecule has 30 heavy (non-hydrogen) atoms. The molecule has 1 atom stereocenters. The monoisotopic (exact) mass is 411 g/mol. The highest BCUT2D eigenvalue weighted by Gasteiger charge is 2.50. The van der Waals surface area contributed by atoms with E-state index in [0.717, 1.165) is 49.9 Å². The fourth-order valence-electron chi connectivity index (χ4n) is 7.78. The molecule has 1 aromatic rings. The highest BCUT2D eigenvalue weighted by Crippen LogP contribution is 2.61. The van der Waals surface area contributed by atoms with Crippen LogP contribution >= 0.6 is 0 Å². The second kappa shape index (κ2) is 9.30. The maximum atomic E-state index is 10.5. The molecule has 6 rings (SSSR count). The summed E-state index contributed by atoms with van der Waals surface area (Å²) in [7, 11) is 0. The van der Waals surface area contributed by atoms with E-state index in [1.807, 2.05) is 0 Å². The molecule has 0 unspecified atom stereocenters. The van der Waals surface area contributed by atoms with Crippen molar-refractivity contribution in [2.75, 3.05) is 32.8 Å². The van der Waals surface area contributed by atoms with Crippen LogP contribution in [0.1, 0.15) is 63.4 Å². The summed E-state index contributed by atoms with van der Waals surface area (Å²) in [6.07, 6.45) is 13.5. The Morgan fingerprint density at radius 1 is 0.967 bits per heavy atom. The lowest BCUT2D eigenvalue weighted by atomic mass is 9.49. The van der Waals surface area contributed by atoms with Gasteiger partial charge in [0.2, 0.25) is 0 Å². The number of benzene rings is 1. The number of nitrogens with zero attached hydrogens (tertiary/aromatic N) is 1. The van der Waals surface area contributed by atoms with Crippen molar-refractivity contribution in [2.24, 2.45) is 29.1 Å². The van der Waals surface area contributed by atoms with E-state index in [2.05, 4.69) is 35.2 Å². The van der Waals surface area contributed by atoms with Crippen molar-refractivity contribution < 1.29 is 9.84 Å². The number of rotatable bonds is 9. The minimum absolute atomic E-state index is 0.341. The molecule has 0 radical (unpaired) electrons. The first-order chi connectivity index (χ1) is 14.7. The third-order valence-electron chi connectivity index (χ3n) is 8.80. The Hall–Kier alpha value is -0.900. The molecule has 1 heterocycles. The van der Waals surface area contributed by atoms with Crippen molar-refractivity contribution >= 4 is 0 Å². The zero-order valence-electron chi connectivity index (χ0n) is 18.7. The summed E-state index contributed by atoms with van der Waals surface area (Å²) in [5.41, 5.74) is 2.06. The molecule has 5 fully saturated rings. The van der Waals surface area contributed by atoms with Gasteiger partial charge in [-0.05, 0) is 112 Å². The molecule has 4 bridgehead atoms. The first-order valence-electron chi connectivity index (χ1n) is 12.7. The highest BCUT2D eigenvalue weighted by molar-refractivity contribution is 5.15. The maximum Gasteiger partial charge on any atom is 0.0900 e. The SMILES string of the molecule is O[C@@H](COCCC12CC3CC(CC(C3)C1)C2)CN1CCC(Cc2ccccc2)CC1. The third kappa shape index (κ3) is 5.11. The van der Waals surface area contributed by atoms with Crippen LogP contribution in [0, 0.1) is 29.1 Å². The lowest BCUT2D eigenvalue weighted by Gasteiger charge is -2.57. The van der Waals surface area contributed by atoms with E-state index < -0.39 is 0 Å². The van der Waals surface area contributed by atoms with Gasteiger partial charge in [0.05, 0.1) is 12.7 Å². The molecule has 1 aliphatic heterocycles. The average Bonchev–Trinajstić information content (AvgIpc) is 2.73. The fraction of sp³-hybridized carbons (Fsp3) is 0.778. The van der Waals surface area contributed by atoms with Gasteiger partial charge in [0.15, 0.2) is 0 Å². The summed E-state index contributed by atoms with van der Waals surface area (Å²) in [4.78, 5) is 2.44. The maximum absolute atomic E-state index is 10.5. The van der Waals surface area contributed by atoms with Gasteiger partial charge in [0.1, 0.15) is 0 Å². The average molecular weight is 412 g/mol. The summed E-state index contributed by atoms with van der Waals surface area (Å²) in [5.74, 6) is 3.85. The van der Waals surface area contributed by atoms with Crippen LogP contribution in [0.3, 0.4) is 0 Å². The van der Waals surface area contributed by atoms with Crippen LogP contribution in [0.2, 0.25) is 0 Å². The van der Waals surface area contributed by atoms with Gasteiger partial charge in [-0.1, -0.05) is 30.3 Å². The molecule has 0 amide bonds. The summed E-state index contributed by atoms with van der Waals surface area (Å²) >= 11 is 0. The fourth-order valence-corrected chi connectivity index (χ4v) is 7.78. The lowest BCUT2D eigenvalue weighted by molar-refractivity contribution is -0.0743. The highest BCUT2D eigenvalue weighted by atomic mass is 16.5. The van der Waals surface area contributed by atoms with E-state index in [4.69, 9.17) is 4.74 Å². The second-order valence-electron chi connectivity index (χ2n) is 11.3. The van der Waals surface area contributed by atoms with Crippen LogP contribution < -0.4 is 0 Å². The van der Waals surface area contributed by atoms with Gasteiger partial charge in [-0.3, -0.25) is 0 Å². The van der Waals surface area contributed by atoms with Crippen LogP contribution in [-0.4, -0.2) is 49.0 Å². The van der Waals surface area contributed by atoms with E-state index >= 15 is 0 Å². The number of likely N-dealkylation sites (tertiary alicyclic amines) is 1. The predicted molar refractivity (Wildman–Crippen MR) is 121 cm³/mol. The Bertz CT molecular complexity index is 631. The Morgan fingerprint density at radius 3 is 2.23 bits per heavy atom. The quantitative estimate of drug-likeness (QED) is 0.585. The molecule has 0 spiro atoms. The van der Waals surface area contributed by atoms with E-state index in [9.17, 15) is 5.11 Å². The van der Waals surface area contributed by atoms with Crippen LogP contribution in [0.15, 0.2) is 30.3 Å². The summed E-state index contributed by atoms with van der Waals surface area (Å²) in [6, 6.07) is 10.9. The number of aliphatic hydroxyl groups is 1. The molecule has 3 heteroatoms. The Labute approximate surface area is 183 Å². The number of hydrogen-bond donors (Lipinski definition) is 1. The predicted octanol–water partition coefficient (Wildman–Crippen LogP) is 4.93. The second-order valence-corrected chi connectivity index (χ2v) is 11.3. The number of ether oxygens (including phenoxy) is 1. The minimum Gasteiger partial charge on any atom is -0.389 e. The summed E-state index contributed by atoms with van der Waals surface area (Å²) in [6.45, 7) is 4.36. The minimum atomic E-state index is -0.341. The first-order valence-corrected chi connectivity index (χ1v) is 12.7. The standard InChI is InChI=1S/C27H41NO2/c29-26(19-28-9-6-22(7-10-28)12-21-4-2-1-3-5-21)20-30-11-8-27-16-23-13-24(17-27)15-25(14-23)18-27/h1-5,22-26,29H,6-20H2/t23?,24?,25?,26-,27?/m1/s1. The van der Waals surface area contributed by atoms with Gasteiger partial charge in [-0.15, -0.1) is 0 Å². The van der Waals surface area contributed by atoms with Crippen molar-refractivity contribution in [3.8, 4) is 0 Å². The largest absolute Gasteiger partial charge is 0.389 e. The Kier molecular flexibility index (Phi) is 6.50. The van der Waals surface area contributed by atoms with Gasteiger partial charge in [0.25, 0.3) is 0 Å². The zero-order valence-corrected chi connectivity index (χ0v) is 18.7. The van der Waals surface area contributed by atoms with E-state index in [1.165, 1.54) is 69.8 Å². The number of aliphatic hydroxyl groups excluding tert-OH is 1. The van der Waals surface area contributed by atoms with E-state index in [-0.39, 0.29) is 6.10 Å². The third-order valence-corrected chi connectivity index (χ3v) is 8.80. The van der Waals surface area contributed by atoms with Crippen LogP contribution in [-0.2, 0) is 11.2 Å². The van der Waals surface area contributed by atoms with Crippen LogP contribution in [0.5, 0.6) is 0 Å². The van der Waals surface area contributed by atoms with Crippen LogP contribution in [0.4, 0.5) is 0 Å². The first kappa shape index (κ1) is 21.0. The molecule has 3 nitrogen and oxygen atoms in total. The van der Waals surface area contributed by atoms with Crippen molar-refractivity contribution in [1.82, 2.24) is 4.90 Å². The Morgan fingerprint density at radius 2 is 1.60 bits per heavy atom. The Balaban J connectivity index is 0.972. The molecule has 166 valence electrons. The molecule has 4 aliphatic carbocycles. The molecule has 0 aromatic heterocycles. The molecule has 1 N–H and O–H groups in total. The van der Waals surface area contributed by atoms with Gasteiger partial charge in [-0.25, -0.2) is 0 Å². The molecule has 1 saturated heterocycles. The van der Waals surface area contributed by atoms with Crippen molar-refractivity contribution in [3.05, 3.63) is 35.9 Å². The van der Waals surface area contributed by atoms with Crippen molar-refractivity contribution in [1.29, 1.82) is 0 Å². The summed E-state index contributed by atoms with van der Waals surface area (Å²) in [5, 5.41) is 10.5. The van der Waals surface area contributed by atoms with E-state index in [1.54, 1.807) is 0 Å². The van der Waals surface area contributed by atoms with Gasteiger partial charge < -0.3 is 14.7 Å². The van der Waals surface area contributed by atoms with Gasteiger partial charge >= 0.3 is 0 Å². The summed E-state index contributed by atoms with van der Waals surface area (Å²) < 4.78 is 6.00. The van der Waals surface area contributed by atoms with E-state index in [0.29, 0.717) is 12.0 Å². The smallest absolute Gasteiger partial charge is 0.0900 e. The number of hydrogen-bond acceptors (Lipinski definition) is 3. The molecular weight excluding hydrogens is 370 g/mol. The molecule has 4 saturated carbocycles. The normalized spacial score (nSPS) is 35.0.